The molecule has 0 fully saturated rings. The summed E-state index contributed by atoms with van der Waals surface area (Å²) in [6, 6.07) is 1.72. The lowest BCUT2D eigenvalue weighted by Gasteiger charge is -2.02. The molecule has 0 spiro atoms. The molecule has 0 aliphatic heterocycles. The van der Waals surface area contributed by atoms with Gasteiger partial charge in [0.05, 0.1) is 5.92 Å². The number of hydrogen-bond acceptors (Lipinski definition) is 3. The topological polar surface area (TPSA) is 63.3 Å². The zero-order valence-corrected chi connectivity index (χ0v) is 6.89. The summed E-state index contributed by atoms with van der Waals surface area (Å²) in [4.78, 5) is 11.2. The monoisotopic (exact) mass is 171 g/mol. The number of aliphatic carboxylic acids is 1. The lowest BCUT2D eigenvalue weighted by molar-refractivity contribution is -0.138. The molecule has 0 saturated heterocycles. The number of carboxylic acid groups (broad SMARTS) is 1. The quantitative estimate of drug-likeness (QED) is 0.709. The maximum Gasteiger partial charge on any atom is 0.311 e. The highest BCUT2D eigenvalue weighted by atomic mass is 32.1. The van der Waals surface area contributed by atoms with Crippen LogP contribution >= 0.6 is 11.3 Å². The Morgan fingerprint density at radius 2 is 2.45 bits per heavy atom. The fourth-order valence-corrected chi connectivity index (χ4v) is 1.67. The van der Waals surface area contributed by atoms with Crippen LogP contribution in [0.1, 0.15) is 17.7 Å². The molecule has 60 valence electrons. The van der Waals surface area contributed by atoms with Crippen LogP contribution in [0.25, 0.3) is 0 Å². The fourth-order valence-electron chi connectivity index (χ4n) is 0.795. The van der Waals surface area contributed by atoms with Crippen LogP contribution < -0.4 is 5.73 Å². The Balaban J connectivity index is 2.92. The molecule has 3 nitrogen and oxygen atoms in total. The summed E-state index contributed by atoms with van der Waals surface area (Å²) in [6.45, 7) is 1.63. The molecule has 0 aromatic carbocycles. The lowest BCUT2D eigenvalue weighted by Crippen LogP contribution is -2.07. The van der Waals surface area contributed by atoms with Crippen molar-refractivity contribution in [1.82, 2.24) is 0 Å². The standard InChI is InChI=1S/C7H9NO2S/c1-4(7(9)10)6-5(8)2-3-11-6/h2-4H,8H2,1H3,(H,9,10). The van der Waals surface area contributed by atoms with Gasteiger partial charge >= 0.3 is 5.97 Å². The number of hydrogen-bond donors (Lipinski definition) is 2. The van der Waals surface area contributed by atoms with Crippen molar-refractivity contribution in [2.45, 2.75) is 12.8 Å². The maximum atomic E-state index is 10.5. The minimum absolute atomic E-state index is 0.491. The number of thiophene rings is 1. The van der Waals surface area contributed by atoms with E-state index in [-0.39, 0.29) is 0 Å². The molecule has 1 unspecified atom stereocenters. The number of rotatable bonds is 2. The van der Waals surface area contributed by atoms with Crippen molar-refractivity contribution in [3.05, 3.63) is 16.3 Å². The highest BCUT2D eigenvalue weighted by Gasteiger charge is 2.16. The Labute approximate surface area is 68.5 Å². The van der Waals surface area contributed by atoms with Crippen LogP contribution in [-0.4, -0.2) is 11.1 Å². The normalized spacial score (nSPS) is 12.8. The molecule has 1 atom stereocenters. The molecule has 1 aromatic rings. The first-order valence-electron chi connectivity index (χ1n) is 3.18. The van der Waals surface area contributed by atoms with Crippen molar-refractivity contribution in [2.24, 2.45) is 0 Å². The van der Waals surface area contributed by atoms with Gasteiger partial charge in [-0.2, -0.15) is 0 Å². The first kappa shape index (κ1) is 8.07. The molecule has 0 saturated carbocycles. The Hall–Kier alpha value is -1.03. The molecule has 0 radical (unpaired) electrons. The number of anilines is 1. The van der Waals surface area contributed by atoms with Crippen molar-refractivity contribution in [2.75, 3.05) is 5.73 Å². The van der Waals surface area contributed by atoms with Crippen LogP contribution in [0, 0.1) is 0 Å². The van der Waals surface area contributed by atoms with E-state index in [4.69, 9.17) is 10.8 Å². The SMILES string of the molecule is CC(C(=O)O)c1sccc1N. The summed E-state index contributed by atoms with van der Waals surface area (Å²) in [5.41, 5.74) is 6.10. The Morgan fingerprint density at radius 3 is 2.82 bits per heavy atom. The molecule has 1 heterocycles. The highest BCUT2D eigenvalue weighted by molar-refractivity contribution is 7.10. The second-order valence-electron chi connectivity index (χ2n) is 2.30. The summed E-state index contributed by atoms with van der Waals surface area (Å²) < 4.78 is 0. The predicted octanol–water partition coefficient (Wildman–Crippen LogP) is 1.52. The van der Waals surface area contributed by atoms with Crippen molar-refractivity contribution >= 4 is 23.0 Å². The lowest BCUT2D eigenvalue weighted by atomic mass is 10.1. The molecule has 0 amide bonds. The van der Waals surface area contributed by atoms with E-state index in [1.54, 1.807) is 18.4 Å². The van der Waals surface area contributed by atoms with Gasteiger partial charge in [0, 0.05) is 10.6 Å². The van der Waals surface area contributed by atoms with Crippen LogP contribution in [-0.2, 0) is 4.79 Å². The largest absolute Gasteiger partial charge is 0.481 e. The average Bonchev–Trinajstić information content (AvgIpc) is 2.33. The van der Waals surface area contributed by atoms with E-state index in [1.807, 2.05) is 0 Å². The van der Waals surface area contributed by atoms with Gasteiger partial charge in [-0.25, -0.2) is 0 Å². The van der Waals surface area contributed by atoms with Gasteiger partial charge in [0.1, 0.15) is 0 Å². The van der Waals surface area contributed by atoms with E-state index in [0.717, 1.165) is 4.88 Å². The molecule has 3 N–H and O–H groups in total. The molecule has 1 rings (SSSR count). The van der Waals surface area contributed by atoms with Crippen LogP contribution in [0.15, 0.2) is 11.4 Å². The molecule has 0 aliphatic rings. The van der Waals surface area contributed by atoms with Gasteiger partial charge in [0.15, 0.2) is 0 Å². The van der Waals surface area contributed by atoms with Crippen LogP contribution in [0.4, 0.5) is 5.69 Å². The van der Waals surface area contributed by atoms with Crippen LogP contribution in [0.2, 0.25) is 0 Å². The van der Waals surface area contributed by atoms with Gasteiger partial charge in [0.25, 0.3) is 0 Å². The second-order valence-corrected chi connectivity index (χ2v) is 3.25. The molecule has 11 heavy (non-hydrogen) atoms. The van der Waals surface area contributed by atoms with E-state index >= 15 is 0 Å². The zero-order valence-electron chi connectivity index (χ0n) is 6.07. The smallest absolute Gasteiger partial charge is 0.311 e. The highest BCUT2D eigenvalue weighted by Crippen LogP contribution is 2.27. The third kappa shape index (κ3) is 1.51. The first-order valence-corrected chi connectivity index (χ1v) is 4.06. The predicted molar refractivity (Wildman–Crippen MR) is 44.8 cm³/mol. The van der Waals surface area contributed by atoms with Gasteiger partial charge in [-0.1, -0.05) is 0 Å². The number of nitrogens with two attached hydrogens (primary N) is 1. The van der Waals surface area contributed by atoms with Crippen LogP contribution in [0.5, 0.6) is 0 Å². The van der Waals surface area contributed by atoms with Crippen LogP contribution in [0.3, 0.4) is 0 Å². The Bertz CT molecular complexity index is 269. The van der Waals surface area contributed by atoms with Gasteiger partial charge in [-0.15, -0.1) is 11.3 Å². The van der Waals surface area contributed by atoms with Crippen molar-refractivity contribution in [1.29, 1.82) is 0 Å². The maximum absolute atomic E-state index is 10.5. The number of nitrogen functional groups attached to an aromatic ring is 1. The van der Waals surface area contributed by atoms with Gasteiger partial charge in [-0.3, -0.25) is 4.79 Å². The summed E-state index contributed by atoms with van der Waals surface area (Å²) in [5, 5.41) is 10.4. The summed E-state index contributed by atoms with van der Waals surface area (Å²) in [5.74, 6) is -1.32. The molecular formula is C7H9NO2S. The van der Waals surface area contributed by atoms with Crippen molar-refractivity contribution in [3.63, 3.8) is 0 Å². The minimum Gasteiger partial charge on any atom is -0.481 e. The Morgan fingerprint density at radius 1 is 1.82 bits per heavy atom. The third-order valence-electron chi connectivity index (χ3n) is 1.49. The molecule has 1 aromatic heterocycles. The van der Waals surface area contributed by atoms with E-state index in [9.17, 15) is 4.79 Å². The van der Waals surface area contributed by atoms with E-state index in [1.165, 1.54) is 11.3 Å². The fraction of sp³-hybridized carbons (Fsp3) is 0.286. The van der Waals surface area contributed by atoms with Gasteiger partial charge in [0.2, 0.25) is 0 Å². The average molecular weight is 171 g/mol. The summed E-state index contributed by atoms with van der Waals surface area (Å²) >= 11 is 1.38. The molecule has 4 heteroatoms. The summed E-state index contributed by atoms with van der Waals surface area (Å²) in [6.07, 6.45) is 0. The first-order chi connectivity index (χ1) is 5.13. The molecular weight excluding hydrogens is 162 g/mol. The van der Waals surface area contributed by atoms with Crippen molar-refractivity contribution in [3.8, 4) is 0 Å². The molecule has 0 aliphatic carbocycles. The number of carboxylic acids is 1. The molecule has 0 bridgehead atoms. The number of carbonyl (C=O) groups is 1. The van der Waals surface area contributed by atoms with E-state index < -0.39 is 11.9 Å². The third-order valence-corrected chi connectivity index (χ3v) is 2.61. The van der Waals surface area contributed by atoms with Gasteiger partial charge < -0.3 is 10.8 Å². The second kappa shape index (κ2) is 2.92. The summed E-state index contributed by atoms with van der Waals surface area (Å²) in [7, 11) is 0. The minimum atomic E-state index is -0.834. The van der Waals surface area contributed by atoms with Crippen molar-refractivity contribution < 1.29 is 9.90 Å². The van der Waals surface area contributed by atoms with E-state index in [0.29, 0.717) is 5.69 Å². The Kier molecular flexibility index (Phi) is 2.14. The van der Waals surface area contributed by atoms with Gasteiger partial charge in [-0.05, 0) is 18.4 Å². The van der Waals surface area contributed by atoms with E-state index in [2.05, 4.69) is 0 Å². The zero-order chi connectivity index (χ0) is 8.43.